The van der Waals surface area contributed by atoms with Gasteiger partial charge in [-0.3, -0.25) is 14.7 Å². The molecule has 0 aliphatic carbocycles. The van der Waals surface area contributed by atoms with E-state index in [1.807, 2.05) is 11.8 Å². The molecule has 1 aromatic heterocycles. The highest BCUT2D eigenvalue weighted by Crippen LogP contribution is 2.26. The molecule has 1 aromatic rings. The monoisotopic (exact) mass is 279 g/mol. The summed E-state index contributed by atoms with van der Waals surface area (Å²) in [5, 5.41) is 15.5. The van der Waals surface area contributed by atoms with Gasteiger partial charge in [0.05, 0.1) is 6.42 Å². The number of nitrogens with zero attached hydrogens (tertiary/aromatic N) is 2. The lowest BCUT2D eigenvalue weighted by molar-refractivity contribution is -0.138. The molecule has 1 fully saturated rings. The minimum Gasteiger partial charge on any atom is -0.481 e. The van der Waals surface area contributed by atoms with Gasteiger partial charge in [-0.1, -0.05) is 6.92 Å². The Hall–Kier alpha value is -1.85. The van der Waals surface area contributed by atoms with Crippen molar-refractivity contribution in [1.29, 1.82) is 0 Å². The second kappa shape index (κ2) is 6.54. The summed E-state index contributed by atoms with van der Waals surface area (Å²) >= 11 is 0. The van der Waals surface area contributed by atoms with Gasteiger partial charge in [0.25, 0.3) is 0 Å². The van der Waals surface area contributed by atoms with Crippen LogP contribution in [-0.4, -0.2) is 45.2 Å². The first kappa shape index (κ1) is 14.6. The second-order valence-corrected chi connectivity index (χ2v) is 5.58. The Labute approximate surface area is 118 Å². The maximum Gasteiger partial charge on any atom is 0.303 e. The second-order valence-electron chi connectivity index (χ2n) is 5.58. The number of carboxylic acids is 1. The molecule has 0 radical (unpaired) electrons. The highest BCUT2D eigenvalue weighted by molar-refractivity contribution is 5.78. The number of carboxylic acid groups (broad SMARTS) is 1. The SMILES string of the molecule is CC(CC(=O)O)C1CCCN(C(=O)Cc2ccn[nH]2)C1. The minimum atomic E-state index is -0.765. The number of aromatic amines is 1. The van der Waals surface area contributed by atoms with E-state index >= 15 is 0 Å². The van der Waals surface area contributed by atoms with Crippen LogP contribution in [0.5, 0.6) is 0 Å². The third-order valence-corrected chi connectivity index (χ3v) is 4.01. The number of piperidine rings is 1. The first-order valence-electron chi connectivity index (χ1n) is 7.04. The third-order valence-electron chi connectivity index (χ3n) is 4.01. The Morgan fingerprint density at radius 2 is 2.40 bits per heavy atom. The van der Waals surface area contributed by atoms with Crippen molar-refractivity contribution in [1.82, 2.24) is 15.1 Å². The molecule has 2 rings (SSSR count). The average molecular weight is 279 g/mol. The van der Waals surface area contributed by atoms with Gasteiger partial charge in [0.2, 0.25) is 5.91 Å². The van der Waals surface area contributed by atoms with E-state index in [9.17, 15) is 9.59 Å². The maximum absolute atomic E-state index is 12.2. The molecule has 0 bridgehead atoms. The van der Waals surface area contributed by atoms with E-state index in [-0.39, 0.29) is 24.2 Å². The number of amides is 1. The van der Waals surface area contributed by atoms with E-state index in [4.69, 9.17) is 5.11 Å². The molecule has 1 aliphatic rings. The molecular weight excluding hydrogens is 258 g/mol. The Morgan fingerprint density at radius 3 is 3.05 bits per heavy atom. The number of nitrogens with one attached hydrogen (secondary N) is 1. The third kappa shape index (κ3) is 3.82. The van der Waals surface area contributed by atoms with Crippen LogP contribution in [0, 0.1) is 11.8 Å². The minimum absolute atomic E-state index is 0.0847. The summed E-state index contributed by atoms with van der Waals surface area (Å²) < 4.78 is 0. The maximum atomic E-state index is 12.2. The highest BCUT2D eigenvalue weighted by Gasteiger charge is 2.28. The van der Waals surface area contributed by atoms with Crippen molar-refractivity contribution in [2.45, 2.75) is 32.6 Å². The molecule has 110 valence electrons. The van der Waals surface area contributed by atoms with Crippen LogP contribution in [0.3, 0.4) is 0 Å². The molecule has 20 heavy (non-hydrogen) atoms. The smallest absolute Gasteiger partial charge is 0.303 e. The van der Waals surface area contributed by atoms with Gasteiger partial charge < -0.3 is 10.0 Å². The van der Waals surface area contributed by atoms with Crippen LogP contribution >= 0.6 is 0 Å². The topological polar surface area (TPSA) is 86.3 Å². The number of likely N-dealkylation sites (tertiary alicyclic amines) is 1. The fraction of sp³-hybridized carbons (Fsp3) is 0.643. The summed E-state index contributed by atoms with van der Waals surface area (Å²) in [5.74, 6) is -0.291. The molecule has 0 saturated carbocycles. The molecule has 2 heterocycles. The Morgan fingerprint density at radius 1 is 1.60 bits per heavy atom. The van der Waals surface area contributed by atoms with Gasteiger partial charge in [-0.05, 0) is 30.7 Å². The van der Waals surface area contributed by atoms with Crippen LogP contribution in [0.4, 0.5) is 0 Å². The Bertz CT molecular complexity index is 458. The van der Waals surface area contributed by atoms with Gasteiger partial charge in [-0.15, -0.1) is 0 Å². The molecule has 0 aromatic carbocycles. The molecule has 6 heteroatoms. The van der Waals surface area contributed by atoms with Crippen molar-refractivity contribution in [3.8, 4) is 0 Å². The summed E-state index contributed by atoms with van der Waals surface area (Å²) in [6.45, 7) is 3.40. The fourth-order valence-corrected chi connectivity index (χ4v) is 2.80. The number of rotatable bonds is 5. The van der Waals surface area contributed by atoms with Gasteiger partial charge in [-0.25, -0.2) is 0 Å². The van der Waals surface area contributed by atoms with E-state index in [0.29, 0.717) is 13.0 Å². The van der Waals surface area contributed by atoms with E-state index in [1.165, 1.54) is 0 Å². The van der Waals surface area contributed by atoms with Crippen LogP contribution in [0.15, 0.2) is 12.3 Å². The largest absolute Gasteiger partial charge is 0.481 e. The zero-order chi connectivity index (χ0) is 14.5. The van der Waals surface area contributed by atoms with Crippen molar-refractivity contribution < 1.29 is 14.7 Å². The summed E-state index contributed by atoms with van der Waals surface area (Å²) in [6.07, 6.45) is 4.09. The fourth-order valence-electron chi connectivity index (χ4n) is 2.80. The van der Waals surface area contributed by atoms with Gasteiger partial charge in [0, 0.05) is 31.4 Å². The number of carbonyl (C=O) groups excluding carboxylic acids is 1. The molecule has 0 spiro atoms. The standard InChI is InChI=1S/C14H21N3O3/c1-10(7-14(19)20)11-3-2-6-17(9-11)13(18)8-12-4-5-15-16-12/h4-5,10-11H,2-3,6-9H2,1H3,(H,15,16)(H,19,20). The Kier molecular flexibility index (Phi) is 4.76. The van der Waals surface area contributed by atoms with E-state index in [2.05, 4.69) is 10.2 Å². The highest BCUT2D eigenvalue weighted by atomic mass is 16.4. The zero-order valence-corrected chi connectivity index (χ0v) is 11.7. The van der Waals surface area contributed by atoms with Gasteiger partial charge in [0.15, 0.2) is 0 Å². The van der Waals surface area contributed by atoms with Crippen molar-refractivity contribution in [3.63, 3.8) is 0 Å². The normalized spacial score (nSPS) is 20.6. The molecule has 6 nitrogen and oxygen atoms in total. The molecule has 1 saturated heterocycles. The van der Waals surface area contributed by atoms with Gasteiger partial charge >= 0.3 is 5.97 Å². The average Bonchev–Trinajstić information content (AvgIpc) is 2.91. The Balaban J connectivity index is 1.89. The predicted octanol–water partition coefficient (Wildman–Crippen LogP) is 1.30. The summed E-state index contributed by atoms with van der Waals surface area (Å²) in [7, 11) is 0. The first-order chi connectivity index (χ1) is 9.56. The van der Waals surface area contributed by atoms with Crippen LogP contribution in [0.1, 0.15) is 31.9 Å². The summed E-state index contributed by atoms with van der Waals surface area (Å²) in [6, 6.07) is 1.80. The van der Waals surface area contributed by atoms with E-state index in [1.54, 1.807) is 12.3 Å². The lowest BCUT2D eigenvalue weighted by Gasteiger charge is -2.35. The van der Waals surface area contributed by atoms with Crippen molar-refractivity contribution in [2.24, 2.45) is 11.8 Å². The number of aromatic nitrogens is 2. The van der Waals surface area contributed by atoms with E-state index < -0.39 is 5.97 Å². The van der Waals surface area contributed by atoms with Crippen LogP contribution < -0.4 is 0 Å². The van der Waals surface area contributed by atoms with Crippen LogP contribution in [0.2, 0.25) is 0 Å². The summed E-state index contributed by atoms with van der Waals surface area (Å²) in [5.41, 5.74) is 0.815. The van der Waals surface area contributed by atoms with Crippen molar-refractivity contribution >= 4 is 11.9 Å². The zero-order valence-electron chi connectivity index (χ0n) is 11.7. The predicted molar refractivity (Wildman–Crippen MR) is 73.0 cm³/mol. The summed E-state index contributed by atoms with van der Waals surface area (Å²) in [4.78, 5) is 24.9. The quantitative estimate of drug-likeness (QED) is 0.850. The molecule has 2 N–H and O–H groups in total. The number of hydrogen-bond acceptors (Lipinski definition) is 3. The molecule has 1 aliphatic heterocycles. The number of hydrogen-bond donors (Lipinski definition) is 2. The first-order valence-corrected chi connectivity index (χ1v) is 7.04. The number of H-pyrrole nitrogens is 1. The number of carbonyl (C=O) groups is 2. The van der Waals surface area contributed by atoms with Crippen LogP contribution in [0.25, 0.3) is 0 Å². The molecule has 2 unspecified atom stereocenters. The van der Waals surface area contributed by atoms with E-state index in [0.717, 1.165) is 25.1 Å². The lowest BCUT2D eigenvalue weighted by Crippen LogP contribution is -2.42. The van der Waals surface area contributed by atoms with Crippen molar-refractivity contribution in [3.05, 3.63) is 18.0 Å². The van der Waals surface area contributed by atoms with Crippen LogP contribution in [-0.2, 0) is 16.0 Å². The van der Waals surface area contributed by atoms with Gasteiger partial charge in [-0.2, -0.15) is 5.10 Å². The lowest BCUT2D eigenvalue weighted by atomic mass is 9.84. The van der Waals surface area contributed by atoms with Gasteiger partial charge in [0.1, 0.15) is 0 Å². The molecular formula is C14H21N3O3. The molecule has 2 atom stereocenters. The molecule has 1 amide bonds. The number of aliphatic carboxylic acids is 1. The van der Waals surface area contributed by atoms with Crippen molar-refractivity contribution in [2.75, 3.05) is 13.1 Å².